The lowest BCUT2D eigenvalue weighted by Gasteiger charge is -2.16. The van der Waals surface area contributed by atoms with Crippen molar-refractivity contribution >= 4 is 11.8 Å². The van der Waals surface area contributed by atoms with Gasteiger partial charge < -0.3 is 5.32 Å². The molecule has 15 heavy (non-hydrogen) atoms. The van der Waals surface area contributed by atoms with Crippen LogP contribution < -0.4 is 5.32 Å². The molecule has 1 N–H and O–H groups in total. The average Bonchev–Trinajstić information content (AvgIpc) is 3.09. The highest BCUT2D eigenvalue weighted by molar-refractivity contribution is 7.98. The number of unbranched alkanes of at least 4 members (excludes halogenated alkanes) is 1. The Kier molecular flexibility index (Phi) is 4.83. The monoisotopic (exact) mass is 227 g/mol. The number of rotatable bonds is 9. The fourth-order valence-electron chi connectivity index (χ4n) is 2.53. The lowest BCUT2D eigenvalue weighted by atomic mass is 9.98. The quantitative estimate of drug-likeness (QED) is 0.607. The van der Waals surface area contributed by atoms with Gasteiger partial charge in [-0.2, -0.15) is 11.8 Å². The summed E-state index contributed by atoms with van der Waals surface area (Å²) in [5.41, 5.74) is 0. The Hall–Kier alpha value is 0.310. The Morgan fingerprint density at radius 2 is 1.80 bits per heavy atom. The Balaban J connectivity index is 1.48. The molecule has 2 heteroatoms. The lowest BCUT2D eigenvalue weighted by Crippen LogP contribution is -2.26. The minimum absolute atomic E-state index is 1.05. The van der Waals surface area contributed by atoms with Gasteiger partial charge in [0.1, 0.15) is 0 Å². The van der Waals surface area contributed by atoms with Crippen molar-refractivity contribution in [2.75, 3.05) is 25.1 Å². The van der Waals surface area contributed by atoms with Gasteiger partial charge in [-0.1, -0.05) is 0 Å². The molecular weight excluding hydrogens is 202 g/mol. The Labute approximate surface area is 98.8 Å². The van der Waals surface area contributed by atoms with Gasteiger partial charge in [-0.15, -0.1) is 0 Å². The first kappa shape index (κ1) is 11.8. The summed E-state index contributed by atoms with van der Waals surface area (Å²) < 4.78 is 0. The zero-order valence-corrected chi connectivity index (χ0v) is 10.8. The van der Waals surface area contributed by atoms with Gasteiger partial charge in [0, 0.05) is 0 Å². The van der Waals surface area contributed by atoms with E-state index in [0.717, 1.165) is 17.8 Å². The molecule has 0 unspecified atom stereocenters. The molecule has 0 aromatic carbocycles. The SMILES string of the molecule is CSCCCCNCC(C1CC1)C1CC1. The van der Waals surface area contributed by atoms with Gasteiger partial charge in [-0.3, -0.25) is 0 Å². The predicted octanol–water partition coefficient (Wildman–Crippen LogP) is 3.16. The van der Waals surface area contributed by atoms with E-state index in [1.165, 1.54) is 57.4 Å². The lowest BCUT2D eigenvalue weighted by molar-refractivity contribution is 0.378. The third-order valence-electron chi connectivity index (χ3n) is 3.79. The zero-order chi connectivity index (χ0) is 10.5. The van der Waals surface area contributed by atoms with Gasteiger partial charge >= 0.3 is 0 Å². The van der Waals surface area contributed by atoms with Crippen LogP contribution in [0, 0.1) is 17.8 Å². The summed E-state index contributed by atoms with van der Waals surface area (Å²) in [5.74, 6) is 4.59. The van der Waals surface area contributed by atoms with E-state index in [0.29, 0.717) is 0 Å². The van der Waals surface area contributed by atoms with Crippen LogP contribution in [0.25, 0.3) is 0 Å². The first-order valence-electron chi connectivity index (χ1n) is 6.61. The summed E-state index contributed by atoms with van der Waals surface area (Å²) in [6.45, 7) is 2.56. The van der Waals surface area contributed by atoms with E-state index >= 15 is 0 Å². The van der Waals surface area contributed by atoms with Crippen molar-refractivity contribution in [1.29, 1.82) is 0 Å². The van der Waals surface area contributed by atoms with Crippen molar-refractivity contribution in [3.63, 3.8) is 0 Å². The second-order valence-corrected chi connectivity index (χ2v) is 6.23. The number of hydrogen-bond acceptors (Lipinski definition) is 2. The topological polar surface area (TPSA) is 12.0 Å². The second-order valence-electron chi connectivity index (χ2n) is 5.24. The van der Waals surface area contributed by atoms with Crippen LogP contribution in [0.2, 0.25) is 0 Å². The van der Waals surface area contributed by atoms with E-state index in [2.05, 4.69) is 11.6 Å². The largest absolute Gasteiger partial charge is 0.316 e. The first-order valence-corrected chi connectivity index (χ1v) is 8.01. The van der Waals surface area contributed by atoms with Gasteiger partial charge in [-0.25, -0.2) is 0 Å². The Morgan fingerprint density at radius 1 is 1.13 bits per heavy atom. The normalized spacial score (nSPS) is 21.2. The van der Waals surface area contributed by atoms with Gasteiger partial charge in [0.15, 0.2) is 0 Å². The van der Waals surface area contributed by atoms with E-state index in [4.69, 9.17) is 0 Å². The molecule has 0 heterocycles. The molecule has 2 fully saturated rings. The van der Waals surface area contributed by atoms with Crippen molar-refractivity contribution in [2.24, 2.45) is 17.8 Å². The molecule has 0 bridgehead atoms. The average molecular weight is 227 g/mol. The molecule has 0 amide bonds. The Morgan fingerprint density at radius 3 is 2.33 bits per heavy atom. The highest BCUT2D eigenvalue weighted by Gasteiger charge is 2.40. The van der Waals surface area contributed by atoms with Crippen LogP contribution in [0.3, 0.4) is 0 Å². The maximum atomic E-state index is 3.68. The van der Waals surface area contributed by atoms with Crippen LogP contribution in [0.1, 0.15) is 38.5 Å². The summed E-state index contributed by atoms with van der Waals surface area (Å²) >= 11 is 1.97. The van der Waals surface area contributed by atoms with Crippen molar-refractivity contribution in [2.45, 2.75) is 38.5 Å². The van der Waals surface area contributed by atoms with Crippen molar-refractivity contribution < 1.29 is 0 Å². The highest BCUT2D eigenvalue weighted by Crippen LogP contribution is 2.48. The molecule has 0 spiro atoms. The maximum Gasteiger partial charge on any atom is -0.00152 e. The standard InChI is InChI=1S/C13H25NS/c1-15-9-3-2-8-14-10-13(11-4-5-11)12-6-7-12/h11-14H,2-10H2,1H3. The number of thioether (sulfide) groups is 1. The molecule has 88 valence electrons. The van der Waals surface area contributed by atoms with Gasteiger partial charge in [-0.05, 0) is 81.4 Å². The minimum Gasteiger partial charge on any atom is -0.316 e. The van der Waals surface area contributed by atoms with Gasteiger partial charge in [0.2, 0.25) is 0 Å². The third kappa shape index (κ3) is 4.36. The zero-order valence-electron chi connectivity index (χ0n) is 10.0. The third-order valence-corrected chi connectivity index (χ3v) is 4.48. The molecule has 2 aliphatic carbocycles. The molecule has 0 atom stereocenters. The summed E-state index contributed by atoms with van der Waals surface area (Å²) in [7, 11) is 0. The molecule has 2 rings (SSSR count). The summed E-state index contributed by atoms with van der Waals surface area (Å²) in [4.78, 5) is 0. The van der Waals surface area contributed by atoms with E-state index in [1.807, 2.05) is 11.8 Å². The van der Waals surface area contributed by atoms with Crippen LogP contribution in [-0.2, 0) is 0 Å². The molecule has 0 aliphatic heterocycles. The molecule has 1 nitrogen and oxygen atoms in total. The molecule has 2 aliphatic rings. The van der Waals surface area contributed by atoms with Crippen molar-refractivity contribution in [3.05, 3.63) is 0 Å². The molecule has 2 saturated carbocycles. The van der Waals surface area contributed by atoms with E-state index in [9.17, 15) is 0 Å². The number of hydrogen-bond donors (Lipinski definition) is 1. The van der Waals surface area contributed by atoms with Crippen LogP contribution >= 0.6 is 11.8 Å². The molecule has 0 saturated heterocycles. The van der Waals surface area contributed by atoms with Crippen molar-refractivity contribution in [3.8, 4) is 0 Å². The smallest absolute Gasteiger partial charge is 0.00152 e. The fraction of sp³-hybridized carbons (Fsp3) is 1.00. The molecule has 0 radical (unpaired) electrons. The van der Waals surface area contributed by atoms with Crippen LogP contribution in [0.5, 0.6) is 0 Å². The fourth-order valence-corrected chi connectivity index (χ4v) is 3.02. The van der Waals surface area contributed by atoms with Gasteiger partial charge in [0.25, 0.3) is 0 Å². The van der Waals surface area contributed by atoms with Gasteiger partial charge in [0.05, 0.1) is 0 Å². The van der Waals surface area contributed by atoms with Crippen molar-refractivity contribution in [1.82, 2.24) is 5.32 Å². The molecule has 0 aromatic heterocycles. The molecular formula is C13H25NS. The van der Waals surface area contributed by atoms with E-state index in [1.54, 1.807) is 0 Å². The predicted molar refractivity (Wildman–Crippen MR) is 69.4 cm³/mol. The summed E-state index contributed by atoms with van der Waals surface area (Å²) in [6.07, 6.45) is 11.0. The first-order chi connectivity index (χ1) is 7.42. The van der Waals surface area contributed by atoms with Crippen LogP contribution in [-0.4, -0.2) is 25.1 Å². The summed E-state index contributed by atoms with van der Waals surface area (Å²) in [6, 6.07) is 0. The van der Waals surface area contributed by atoms with Crippen LogP contribution in [0.4, 0.5) is 0 Å². The van der Waals surface area contributed by atoms with Crippen LogP contribution in [0.15, 0.2) is 0 Å². The second kappa shape index (κ2) is 6.15. The minimum atomic E-state index is 1.05. The summed E-state index contributed by atoms with van der Waals surface area (Å²) in [5, 5.41) is 3.68. The van der Waals surface area contributed by atoms with E-state index < -0.39 is 0 Å². The maximum absolute atomic E-state index is 3.68. The molecule has 0 aromatic rings. The highest BCUT2D eigenvalue weighted by atomic mass is 32.2. The van der Waals surface area contributed by atoms with E-state index in [-0.39, 0.29) is 0 Å². The number of nitrogens with one attached hydrogen (secondary N) is 1. The Bertz CT molecular complexity index is 163.